The van der Waals surface area contributed by atoms with E-state index in [-0.39, 0.29) is 11.3 Å². The molecule has 0 spiro atoms. The summed E-state index contributed by atoms with van der Waals surface area (Å²) in [7, 11) is 0. The first-order valence-corrected chi connectivity index (χ1v) is 9.79. The lowest BCUT2D eigenvalue weighted by Crippen LogP contribution is -2.11. The summed E-state index contributed by atoms with van der Waals surface area (Å²) in [6.45, 7) is 0. The first-order chi connectivity index (χ1) is 11.7. The van der Waals surface area contributed by atoms with Gasteiger partial charge < -0.3 is 10.1 Å². The molecular weight excluding hydrogens is 340 g/mol. The van der Waals surface area contributed by atoms with Crippen molar-refractivity contribution in [3.05, 3.63) is 56.4 Å². The molecule has 0 bridgehead atoms. The number of fused-ring (bicyclic) bond motifs is 3. The summed E-state index contributed by atoms with van der Waals surface area (Å²) in [5, 5.41) is 10.2. The minimum absolute atomic E-state index is 0.0416. The van der Waals surface area contributed by atoms with E-state index < -0.39 is 0 Å². The van der Waals surface area contributed by atoms with E-state index in [1.807, 2.05) is 24.5 Å². The number of nitrogens with zero attached hydrogens (tertiary/aromatic N) is 1. The molecule has 0 saturated heterocycles. The SMILES string of the molecule is CS/C(=C\c1ccc(O)cc1)c1nc2sc3c(c2c(=O)[nH]1)CCC3. The molecule has 122 valence electrons. The summed E-state index contributed by atoms with van der Waals surface area (Å²) in [5.41, 5.74) is 2.11. The van der Waals surface area contributed by atoms with Crippen molar-refractivity contribution >= 4 is 44.3 Å². The molecule has 1 aromatic carbocycles. The van der Waals surface area contributed by atoms with Gasteiger partial charge in [0.15, 0.2) is 0 Å². The molecule has 0 aliphatic heterocycles. The van der Waals surface area contributed by atoms with Crippen molar-refractivity contribution in [2.45, 2.75) is 19.3 Å². The third-order valence-corrected chi connectivity index (χ3v) is 6.16. The Labute approximate surface area is 147 Å². The zero-order valence-electron chi connectivity index (χ0n) is 13.1. The van der Waals surface area contributed by atoms with Gasteiger partial charge in [-0.1, -0.05) is 12.1 Å². The Bertz CT molecular complexity index is 1000. The van der Waals surface area contributed by atoms with Gasteiger partial charge in [0.25, 0.3) is 5.56 Å². The molecule has 0 unspecified atom stereocenters. The number of hydrogen-bond donors (Lipinski definition) is 2. The van der Waals surface area contributed by atoms with Gasteiger partial charge in [-0.3, -0.25) is 4.79 Å². The van der Waals surface area contributed by atoms with Crippen LogP contribution in [0.1, 0.15) is 28.2 Å². The summed E-state index contributed by atoms with van der Waals surface area (Å²) in [6, 6.07) is 6.96. The molecule has 1 aliphatic carbocycles. The van der Waals surface area contributed by atoms with Gasteiger partial charge in [-0.05, 0) is 54.9 Å². The van der Waals surface area contributed by atoms with Crippen molar-refractivity contribution in [3.63, 3.8) is 0 Å². The van der Waals surface area contributed by atoms with Crippen LogP contribution < -0.4 is 5.56 Å². The number of aryl methyl sites for hydroxylation is 2. The predicted octanol–water partition coefficient (Wildman–Crippen LogP) is 4.04. The minimum atomic E-state index is -0.0416. The van der Waals surface area contributed by atoms with Crippen molar-refractivity contribution in [1.82, 2.24) is 9.97 Å². The molecule has 1 aliphatic rings. The van der Waals surface area contributed by atoms with Crippen LogP contribution >= 0.6 is 23.1 Å². The van der Waals surface area contributed by atoms with Gasteiger partial charge in [-0.15, -0.1) is 23.1 Å². The average molecular weight is 356 g/mol. The van der Waals surface area contributed by atoms with Crippen LogP contribution in [0.5, 0.6) is 5.75 Å². The maximum Gasteiger partial charge on any atom is 0.260 e. The Morgan fingerprint density at radius 1 is 1.33 bits per heavy atom. The lowest BCUT2D eigenvalue weighted by Gasteiger charge is -2.05. The number of thioether (sulfide) groups is 1. The van der Waals surface area contributed by atoms with Crippen LogP contribution in [0.15, 0.2) is 29.1 Å². The standard InChI is InChI=1S/C18H16N2O2S2/c1-23-14(9-10-5-7-11(21)8-6-10)16-19-17(22)15-12-3-2-4-13(12)24-18(15)20-16/h5-9,21H,2-4H2,1H3,(H,19,20,22)/b14-9-. The second-order valence-electron chi connectivity index (χ2n) is 5.76. The highest BCUT2D eigenvalue weighted by Crippen LogP contribution is 2.35. The zero-order chi connectivity index (χ0) is 16.7. The molecule has 3 aromatic rings. The fraction of sp³-hybridized carbons (Fsp3) is 0.222. The average Bonchev–Trinajstić information content (AvgIpc) is 3.14. The first kappa shape index (κ1) is 15.5. The molecule has 4 nitrogen and oxygen atoms in total. The second kappa shape index (κ2) is 6.11. The maximum atomic E-state index is 12.6. The van der Waals surface area contributed by atoms with Gasteiger partial charge in [0.1, 0.15) is 16.4 Å². The number of aromatic amines is 1. The molecule has 4 rings (SSSR count). The topological polar surface area (TPSA) is 66.0 Å². The van der Waals surface area contributed by atoms with E-state index >= 15 is 0 Å². The van der Waals surface area contributed by atoms with Crippen molar-refractivity contribution in [2.24, 2.45) is 0 Å². The Hall–Kier alpha value is -2.05. The quantitative estimate of drug-likeness (QED) is 0.743. The highest BCUT2D eigenvalue weighted by molar-refractivity contribution is 8.07. The van der Waals surface area contributed by atoms with Gasteiger partial charge >= 0.3 is 0 Å². The van der Waals surface area contributed by atoms with Crippen LogP contribution in [0.25, 0.3) is 21.2 Å². The highest BCUT2D eigenvalue weighted by atomic mass is 32.2. The molecule has 24 heavy (non-hydrogen) atoms. The molecule has 0 saturated carbocycles. The van der Waals surface area contributed by atoms with Crippen molar-refractivity contribution in [3.8, 4) is 5.75 Å². The first-order valence-electron chi connectivity index (χ1n) is 7.75. The van der Waals surface area contributed by atoms with Crippen LogP contribution in [0, 0.1) is 0 Å². The van der Waals surface area contributed by atoms with Crippen molar-refractivity contribution in [2.75, 3.05) is 6.26 Å². The number of phenols is 1. The van der Waals surface area contributed by atoms with Crippen LogP contribution in [-0.2, 0) is 12.8 Å². The molecule has 0 atom stereocenters. The summed E-state index contributed by atoms with van der Waals surface area (Å²) >= 11 is 3.19. The fourth-order valence-electron chi connectivity index (χ4n) is 3.06. The van der Waals surface area contributed by atoms with Gasteiger partial charge in [-0.25, -0.2) is 4.98 Å². The third-order valence-electron chi connectivity index (χ3n) is 4.22. The molecule has 2 N–H and O–H groups in total. The predicted molar refractivity (Wildman–Crippen MR) is 102 cm³/mol. The Balaban J connectivity index is 1.82. The van der Waals surface area contributed by atoms with E-state index in [0.717, 1.165) is 39.9 Å². The lowest BCUT2D eigenvalue weighted by atomic mass is 10.2. The molecule has 2 aromatic heterocycles. The van der Waals surface area contributed by atoms with Crippen LogP contribution in [0.3, 0.4) is 0 Å². The number of benzene rings is 1. The number of phenolic OH excluding ortho intramolecular Hbond substituents is 1. The molecule has 2 heterocycles. The Morgan fingerprint density at radius 3 is 2.88 bits per heavy atom. The molecule has 6 heteroatoms. The molecule has 0 radical (unpaired) electrons. The van der Waals surface area contributed by atoms with E-state index in [4.69, 9.17) is 4.98 Å². The maximum absolute atomic E-state index is 12.6. The van der Waals surface area contributed by atoms with E-state index in [0.29, 0.717) is 5.82 Å². The number of aromatic nitrogens is 2. The van der Waals surface area contributed by atoms with Gasteiger partial charge in [0.05, 0.1) is 10.3 Å². The monoisotopic (exact) mass is 356 g/mol. The van der Waals surface area contributed by atoms with Crippen molar-refractivity contribution < 1.29 is 5.11 Å². The summed E-state index contributed by atoms with van der Waals surface area (Å²) in [4.78, 5) is 23.3. The number of rotatable bonds is 3. The Kier molecular flexibility index (Phi) is 3.94. The largest absolute Gasteiger partial charge is 0.508 e. The zero-order valence-corrected chi connectivity index (χ0v) is 14.8. The number of hydrogen-bond acceptors (Lipinski definition) is 5. The molecular formula is C18H16N2O2S2. The molecule has 0 fully saturated rings. The van der Waals surface area contributed by atoms with Gasteiger partial charge in [-0.2, -0.15) is 0 Å². The summed E-state index contributed by atoms with van der Waals surface area (Å²) < 4.78 is 0. The van der Waals surface area contributed by atoms with Gasteiger partial charge in [0.2, 0.25) is 0 Å². The van der Waals surface area contributed by atoms with Crippen LogP contribution in [0.2, 0.25) is 0 Å². The van der Waals surface area contributed by atoms with Crippen LogP contribution in [-0.4, -0.2) is 21.3 Å². The smallest absolute Gasteiger partial charge is 0.260 e. The number of thiophene rings is 1. The second-order valence-corrected chi connectivity index (χ2v) is 7.69. The Morgan fingerprint density at radius 2 is 2.12 bits per heavy atom. The van der Waals surface area contributed by atoms with E-state index in [9.17, 15) is 9.90 Å². The number of aromatic hydroxyl groups is 1. The lowest BCUT2D eigenvalue weighted by molar-refractivity contribution is 0.475. The highest BCUT2D eigenvalue weighted by Gasteiger charge is 2.21. The summed E-state index contributed by atoms with van der Waals surface area (Å²) in [5.74, 6) is 0.840. The van der Waals surface area contributed by atoms with Crippen LogP contribution in [0.4, 0.5) is 0 Å². The van der Waals surface area contributed by atoms with E-state index in [1.54, 1.807) is 35.2 Å². The van der Waals surface area contributed by atoms with Crippen molar-refractivity contribution in [1.29, 1.82) is 0 Å². The van der Waals surface area contributed by atoms with E-state index in [2.05, 4.69) is 4.98 Å². The van der Waals surface area contributed by atoms with Gasteiger partial charge in [0, 0.05) is 4.88 Å². The van der Waals surface area contributed by atoms with E-state index in [1.165, 1.54) is 10.4 Å². The number of H-pyrrole nitrogens is 1. The fourth-order valence-corrected chi connectivity index (χ4v) is 4.87. The normalized spacial score (nSPS) is 14.3. The third kappa shape index (κ3) is 2.65. The minimum Gasteiger partial charge on any atom is -0.508 e. The summed E-state index contributed by atoms with van der Waals surface area (Å²) in [6.07, 6.45) is 7.11. The number of nitrogens with one attached hydrogen (secondary N) is 1. The molecule has 0 amide bonds.